The molecule has 0 aliphatic heterocycles. The Bertz CT molecular complexity index is 430. The first kappa shape index (κ1) is 12.6. The maximum atomic E-state index is 9.30. The maximum Gasteiger partial charge on any atom is 0.122 e. The highest BCUT2D eigenvalue weighted by Crippen LogP contribution is 2.27. The van der Waals surface area contributed by atoms with E-state index in [1.165, 1.54) is 31.2 Å². The third kappa shape index (κ3) is 3.08. The molecule has 0 heterocycles. The number of aryl methyl sites for hydroxylation is 1. The maximum absolute atomic E-state index is 9.30. The van der Waals surface area contributed by atoms with Crippen LogP contribution in [0.5, 0.6) is 0 Å². The summed E-state index contributed by atoms with van der Waals surface area (Å²) < 4.78 is 1.02. The highest BCUT2D eigenvalue weighted by Gasteiger charge is 2.21. The van der Waals surface area contributed by atoms with Gasteiger partial charge in [-0.2, -0.15) is 5.26 Å². The van der Waals surface area contributed by atoms with Crippen LogP contribution >= 0.6 is 15.9 Å². The van der Waals surface area contributed by atoms with E-state index in [9.17, 15) is 5.26 Å². The fourth-order valence-corrected chi connectivity index (χ4v) is 3.11. The van der Waals surface area contributed by atoms with Crippen molar-refractivity contribution in [2.24, 2.45) is 0 Å². The van der Waals surface area contributed by atoms with Crippen molar-refractivity contribution in [3.05, 3.63) is 33.8 Å². The van der Waals surface area contributed by atoms with E-state index in [0.29, 0.717) is 6.04 Å². The second kappa shape index (κ2) is 5.66. The van der Waals surface area contributed by atoms with Gasteiger partial charge in [0.25, 0.3) is 0 Å². The summed E-state index contributed by atoms with van der Waals surface area (Å²) in [5, 5.41) is 12.8. The fraction of sp³-hybridized carbons (Fsp3) is 0.500. The molecular weight excluding hydrogens is 276 g/mol. The van der Waals surface area contributed by atoms with Crippen LogP contribution in [0.25, 0.3) is 0 Å². The quantitative estimate of drug-likeness (QED) is 0.918. The van der Waals surface area contributed by atoms with Gasteiger partial charge < -0.3 is 0 Å². The fourth-order valence-electron chi connectivity index (χ4n) is 2.39. The summed E-state index contributed by atoms with van der Waals surface area (Å²) in [6.45, 7) is 2.06. The molecule has 1 atom stereocenters. The summed E-state index contributed by atoms with van der Waals surface area (Å²) in [7, 11) is 0. The molecule has 0 amide bonds. The molecule has 1 saturated carbocycles. The van der Waals surface area contributed by atoms with Crippen molar-refractivity contribution in [3.63, 3.8) is 0 Å². The minimum absolute atomic E-state index is 0.201. The lowest BCUT2D eigenvalue weighted by Crippen LogP contribution is -2.30. The van der Waals surface area contributed by atoms with E-state index in [1.54, 1.807) is 0 Å². The topological polar surface area (TPSA) is 35.8 Å². The van der Waals surface area contributed by atoms with Gasteiger partial charge in [0, 0.05) is 10.5 Å². The summed E-state index contributed by atoms with van der Waals surface area (Å²) in [6.07, 6.45) is 4.96. The zero-order valence-electron chi connectivity index (χ0n) is 10.0. The Hall–Kier alpha value is -0.850. The number of rotatable bonds is 3. The van der Waals surface area contributed by atoms with Gasteiger partial charge >= 0.3 is 0 Å². The molecule has 1 aromatic rings. The van der Waals surface area contributed by atoms with Crippen LogP contribution in [-0.2, 0) is 0 Å². The third-order valence-electron chi connectivity index (χ3n) is 3.35. The van der Waals surface area contributed by atoms with E-state index in [-0.39, 0.29) is 6.04 Å². The second-order valence-electron chi connectivity index (χ2n) is 4.74. The van der Waals surface area contributed by atoms with Crippen LogP contribution in [-0.4, -0.2) is 6.04 Å². The van der Waals surface area contributed by atoms with Gasteiger partial charge in [0.15, 0.2) is 0 Å². The number of hydrogen-bond donors (Lipinski definition) is 1. The van der Waals surface area contributed by atoms with Gasteiger partial charge in [-0.05, 0) is 37.0 Å². The Morgan fingerprint density at radius 2 is 2.12 bits per heavy atom. The van der Waals surface area contributed by atoms with Crippen LogP contribution < -0.4 is 5.32 Å². The molecule has 0 aromatic heterocycles. The lowest BCUT2D eigenvalue weighted by Gasteiger charge is -2.18. The van der Waals surface area contributed by atoms with Crippen LogP contribution in [0.1, 0.15) is 42.9 Å². The van der Waals surface area contributed by atoms with Crippen LogP contribution in [0.2, 0.25) is 0 Å². The van der Waals surface area contributed by atoms with Crippen LogP contribution in [0.3, 0.4) is 0 Å². The molecule has 1 unspecified atom stereocenters. The molecule has 0 spiro atoms. The smallest absolute Gasteiger partial charge is 0.122 e. The predicted octanol–water partition coefficient (Wildman–Crippen LogP) is 3.85. The number of benzene rings is 1. The average Bonchev–Trinajstić information content (AvgIpc) is 2.79. The molecule has 0 radical (unpaired) electrons. The van der Waals surface area contributed by atoms with Crippen LogP contribution in [0.4, 0.5) is 0 Å². The first-order valence-electron chi connectivity index (χ1n) is 6.12. The standard InChI is InChI=1S/C14H17BrN2/c1-10-6-7-12(13(15)8-10)14(9-16)17-11-4-2-3-5-11/h6-8,11,14,17H,2-5H2,1H3. The van der Waals surface area contributed by atoms with Crippen molar-refractivity contribution in [1.82, 2.24) is 5.32 Å². The van der Waals surface area contributed by atoms with Crippen molar-refractivity contribution < 1.29 is 0 Å². The number of halogens is 1. The van der Waals surface area contributed by atoms with Gasteiger partial charge in [-0.1, -0.05) is 40.9 Å². The first-order valence-corrected chi connectivity index (χ1v) is 6.91. The molecule has 1 aliphatic rings. The highest BCUT2D eigenvalue weighted by molar-refractivity contribution is 9.10. The number of hydrogen-bond acceptors (Lipinski definition) is 2. The minimum Gasteiger partial charge on any atom is -0.295 e. The highest BCUT2D eigenvalue weighted by atomic mass is 79.9. The first-order chi connectivity index (χ1) is 8.20. The van der Waals surface area contributed by atoms with Crippen LogP contribution in [0, 0.1) is 18.3 Å². The Morgan fingerprint density at radius 1 is 1.41 bits per heavy atom. The molecule has 2 rings (SSSR count). The summed E-state index contributed by atoms with van der Waals surface area (Å²) in [5.74, 6) is 0. The Kier molecular flexibility index (Phi) is 4.20. The van der Waals surface area contributed by atoms with Gasteiger partial charge in [0.1, 0.15) is 6.04 Å². The predicted molar refractivity (Wildman–Crippen MR) is 72.6 cm³/mol. The normalized spacial score (nSPS) is 17.9. The molecule has 1 aromatic carbocycles. The zero-order valence-corrected chi connectivity index (χ0v) is 11.6. The molecule has 1 aliphatic carbocycles. The Morgan fingerprint density at radius 3 is 2.71 bits per heavy atom. The van der Waals surface area contributed by atoms with E-state index in [4.69, 9.17) is 0 Å². The molecule has 1 N–H and O–H groups in total. The Balaban J connectivity index is 2.14. The zero-order chi connectivity index (χ0) is 12.3. The molecule has 3 heteroatoms. The van der Waals surface area contributed by atoms with E-state index in [1.807, 2.05) is 6.07 Å². The third-order valence-corrected chi connectivity index (χ3v) is 4.04. The van der Waals surface area contributed by atoms with Gasteiger partial charge in [0.2, 0.25) is 0 Å². The minimum atomic E-state index is -0.201. The van der Waals surface area contributed by atoms with Gasteiger partial charge in [-0.3, -0.25) is 5.32 Å². The van der Waals surface area contributed by atoms with Crippen molar-refractivity contribution in [2.75, 3.05) is 0 Å². The Labute approximate surface area is 111 Å². The van der Waals surface area contributed by atoms with Gasteiger partial charge in [-0.25, -0.2) is 0 Å². The van der Waals surface area contributed by atoms with Gasteiger partial charge in [-0.15, -0.1) is 0 Å². The summed E-state index contributed by atoms with van der Waals surface area (Å²) in [6, 6.07) is 8.83. The second-order valence-corrected chi connectivity index (χ2v) is 5.59. The number of nitriles is 1. The lowest BCUT2D eigenvalue weighted by molar-refractivity contribution is 0.491. The summed E-state index contributed by atoms with van der Waals surface area (Å²) in [5.41, 5.74) is 2.25. The van der Waals surface area contributed by atoms with Crippen molar-refractivity contribution in [1.29, 1.82) is 5.26 Å². The van der Waals surface area contributed by atoms with E-state index < -0.39 is 0 Å². The monoisotopic (exact) mass is 292 g/mol. The van der Waals surface area contributed by atoms with E-state index in [0.717, 1.165) is 10.0 Å². The van der Waals surface area contributed by atoms with Crippen molar-refractivity contribution in [2.45, 2.75) is 44.7 Å². The SMILES string of the molecule is Cc1ccc(C(C#N)NC2CCCC2)c(Br)c1. The molecular formula is C14H17BrN2. The van der Waals surface area contributed by atoms with Gasteiger partial charge in [0.05, 0.1) is 6.07 Å². The molecule has 17 heavy (non-hydrogen) atoms. The number of nitrogens with zero attached hydrogens (tertiary/aromatic N) is 1. The van der Waals surface area contributed by atoms with E-state index >= 15 is 0 Å². The average molecular weight is 293 g/mol. The van der Waals surface area contributed by atoms with Crippen molar-refractivity contribution in [3.8, 4) is 6.07 Å². The molecule has 0 saturated heterocycles. The van der Waals surface area contributed by atoms with Crippen LogP contribution in [0.15, 0.2) is 22.7 Å². The molecule has 2 nitrogen and oxygen atoms in total. The summed E-state index contributed by atoms with van der Waals surface area (Å²) >= 11 is 3.55. The van der Waals surface area contributed by atoms with E-state index in [2.05, 4.69) is 46.4 Å². The molecule has 90 valence electrons. The molecule has 1 fully saturated rings. The number of nitrogens with one attached hydrogen (secondary N) is 1. The largest absolute Gasteiger partial charge is 0.295 e. The van der Waals surface area contributed by atoms with Crippen molar-refractivity contribution >= 4 is 15.9 Å². The molecule has 0 bridgehead atoms. The summed E-state index contributed by atoms with van der Waals surface area (Å²) in [4.78, 5) is 0. The lowest BCUT2D eigenvalue weighted by atomic mass is 10.0.